The van der Waals surface area contributed by atoms with Gasteiger partial charge in [-0.2, -0.15) is 0 Å². The zero-order valence-electron chi connectivity index (χ0n) is 13.6. The van der Waals surface area contributed by atoms with E-state index in [4.69, 9.17) is 5.73 Å². The lowest BCUT2D eigenvalue weighted by molar-refractivity contribution is 0.0747. The van der Waals surface area contributed by atoms with Gasteiger partial charge < -0.3 is 20.6 Å². The Hall–Kier alpha value is -2.80. The van der Waals surface area contributed by atoms with Crippen LogP contribution < -0.4 is 10.6 Å². The highest BCUT2D eigenvalue weighted by atomic mass is 32.1. The van der Waals surface area contributed by atoms with Crippen molar-refractivity contribution in [1.82, 2.24) is 9.88 Å². The summed E-state index contributed by atoms with van der Waals surface area (Å²) in [7, 11) is 0. The molecular formula is C18H18N4O2S. The molecule has 1 saturated heterocycles. The number of carbonyl (C=O) groups is 1. The molecule has 6 nitrogen and oxygen atoms in total. The van der Waals surface area contributed by atoms with Crippen molar-refractivity contribution in [1.29, 1.82) is 0 Å². The molecule has 0 atom stereocenters. The normalized spacial score (nSPS) is 14.9. The van der Waals surface area contributed by atoms with Gasteiger partial charge in [0.1, 0.15) is 5.75 Å². The third-order valence-corrected chi connectivity index (χ3v) is 5.30. The number of amides is 1. The van der Waals surface area contributed by atoms with Gasteiger partial charge in [0.15, 0.2) is 5.13 Å². The van der Waals surface area contributed by atoms with E-state index < -0.39 is 0 Å². The van der Waals surface area contributed by atoms with Crippen LogP contribution in [0.2, 0.25) is 0 Å². The van der Waals surface area contributed by atoms with Gasteiger partial charge in [0.05, 0.1) is 10.2 Å². The minimum atomic E-state index is 0.0267. The number of nitrogens with two attached hydrogens (primary N) is 1. The molecule has 25 heavy (non-hydrogen) atoms. The van der Waals surface area contributed by atoms with Crippen molar-refractivity contribution >= 4 is 38.3 Å². The van der Waals surface area contributed by atoms with Crippen molar-refractivity contribution in [3.05, 3.63) is 48.0 Å². The Balaban J connectivity index is 1.45. The van der Waals surface area contributed by atoms with E-state index in [0.29, 0.717) is 23.8 Å². The first kappa shape index (κ1) is 15.7. The highest BCUT2D eigenvalue weighted by Crippen LogP contribution is 2.25. The fraction of sp³-hybridized carbons (Fsp3) is 0.222. The number of nitrogen functional groups attached to an aromatic ring is 1. The number of phenolic OH excluding ortho intramolecular Hbond substituents is 1. The summed E-state index contributed by atoms with van der Waals surface area (Å²) in [5.41, 5.74) is 8.21. The van der Waals surface area contributed by atoms with Crippen molar-refractivity contribution < 1.29 is 9.90 Å². The van der Waals surface area contributed by atoms with Crippen molar-refractivity contribution in [3.63, 3.8) is 0 Å². The minimum absolute atomic E-state index is 0.0267. The van der Waals surface area contributed by atoms with E-state index in [0.717, 1.165) is 29.0 Å². The van der Waals surface area contributed by atoms with Gasteiger partial charge in [0.25, 0.3) is 5.91 Å². The number of aromatic nitrogens is 1. The van der Waals surface area contributed by atoms with Crippen LogP contribution in [0.5, 0.6) is 5.75 Å². The van der Waals surface area contributed by atoms with Gasteiger partial charge in [0, 0.05) is 37.4 Å². The second kappa shape index (κ2) is 6.25. The largest absolute Gasteiger partial charge is 0.508 e. The van der Waals surface area contributed by atoms with E-state index in [1.54, 1.807) is 12.1 Å². The van der Waals surface area contributed by atoms with Crippen LogP contribution in [0, 0.1) is 0 Å². The Labute approximate surface area is 149 Å². The monoisotopic (exact) mass is 354 g/mol. The summed E-state index contributed by atoms with van der Waals surface area (Å²) in [4.78, 5) is 21.1. The van der Waals surface area contributed by atoms with Crippen LogP contribution >= 0.6 is 11.3 Å². The Bertz CT molecular complexity index is 914. The average Bonchev–Trinajstić information content (AvgIpc) is 3.01. The molecule has 2 aromatic carbocycles. The van der Waals surface area contributed by atoms with Crippen LogP contribution in [0.3, 0.4) is 0 Å². The zero-order valence-corrected chi connectivity index (χ0v) is 14.4. The maximum Gasteiger partial charge on any atom is 0.254 e. The van der Waals surface area contributed by atoms with Gasteiger partial charge in [-0.3, -0.25) is 4.79 Å². The molecule has 1 amide bonds. The fourth-order valence-electron chi connectivity index (χ4n) is 3.09. The lowest BCUT2D eigenvalue weighted by Crippen LogP contribution is -2.48. The number of anilines is 2. The summed E-state index contributed by atoms with van der Waals surface area (Å²) in [5.74, 6) is 0.287. The van der Waals surface area contributed by atoms with Crippen LogP contribution in [0.25, 0.3) is 10.2 Å². The van der Waals surface area contributed by atoms with Crippen LogP contribution in [0.1, 0.15) is 10.4 Å². The van der Waals surface area contributed by atoms with E-state index in [-0.39, 0.29) is 11.7 Å². The summed E-state index contributed by atoms with van der Waals surface area (Å²) in [5, 5.41) is 9.90. The molecular weight excluding hydrogens is 336 g/mol. The van der Waals surface area contributed by atoms with Gasteiger partial charge in [-0.25, -0.2) is 4.98 Å². The Morgan fingerprint density at radius 2 is 1.80 bits per heavy atom. The summed E-state index contributed by atoms with van der Waals surface area (Å²) in [6.45, 7) is 2.86. The summed E-state index contributed by atoms with van der Waals surface area (Å²) >= 11 is 1.42. The number of rotatable bonds is 2. The molecule has 0 bridgehead atoms. The van der Waals surface area contributed by atoms with Gasteiger partial charge in [0.2, 0.25) is 0 Å². The highest BCUT2D eigenvalue weighted by molar-refractivity contribution is 7.22. The number of nitrogens with zero attached hydrogens (tertiary/aromatic N) is 3. The maximum absolute atomic E-state index is 12.8. The van der Waals surface area contributed by atoms with Crippen molar-refractivity contribution in [2.24, 2.45) is 0 Å². The quantitative estimate of drug-likeness (QED) is 0.739. The van der Waals surface area contributed by atoms with E-state index in [9.17, 15) is 9.90 Å². The fourth-order valence-corrected chi connectivity index (χ4v) is 3.81. The lowest BCUT2D eigenvalue weighted by atomic mass is 10.1. The predicted octanol–water partition coefficient (Wildman–Crippen LogP) is 2.55. The first-order valence-corrected chi connectivity index (χ1v) is 8.91. The molecule has 0 saturated carbocycles. The highest BCUT2D eigenvalue weighted by Gasteiger charge is 2.22. The number of fused-ring (bicyclic) bond motifs is 1. The number of benzene rings is 2. The molecule has 4 rings (SSSR count). The van der Waals surface area contributed by atoms with E-state index in [1.807, 2.05) is 35.2 Å². The molecule has 1 aliphatic rings. The summed E-state index contributed by atoms with van der Waals surface area (Å²) in [6, 6.07) is 12.7. The number of aromatic hydroxyl groups is 1. The molecule has 7 heteroatoms. The standard InChI is InChI=1S/C18H18N4O2S/c19-18-20-15-11-12(1-6-16(15)25-18)17(24)22-9-7-21(8-10-22)13-2-4-14(23)5-3-13/h1-6,11,23H,7-10H2,(H2,19,20). The lowest BCUT2D eigenvalue weighted by Gasteiger charge is -2.36. The van der Waals surface area contributed by atoms with E-state index in [2.05, 4.69) is 9.88 Å². The second-order valence-electron chi connectivity index (χ2n) is 6.03. The number of piperazine rings is 1. The van der Waals surface area contributed by atoms with Crippen molar-refractivity contribution in [2.75, 3.05) is 36.8 Å². The maximum atomic E-state index is 12.8. The van der Waals surface area contributed by atoms with Crippen LogP contribution in [0.4, 0.5) is 10.8 Å². The molecule has 3 N–H and O–H groups in total. The molecule has 128 valence electrons. The van der Waals surface area contributed by atoms with Crippen LogP contribution in [0.15, 0.2) is 42.5 Å². The van der Waals surface area contributed by atoms with Gasteiger partial charge in [-0.1, -0.05) is 11.3 Å². The molecule has 0 unspecified atom stereocenters. The predicted molar refractivity (Wildman–Crippen MR) is 100 cm³/mol. The molecule has 3 aromatic rings. The summed E-state index contributed by atoms with van der Waals surface area (Å²) in [6.07, 6.45) is 0. The summed E-state index contributed by atoms with van der Waals surface area (Å²) < 4.78 is 0.992. The molecule has 0 radical (unpaired) electrons. The third-order valence-electron chi connectivity index (χ3n) is 4.43. The Kier molecular flexibility index (Phi) is 3.93. The number of phenols is 1. The number of hydrogen-bond donors (Lipinski definition) is 2. The van der Waals surface area contributed by atoms with Gasteiger partial charge in [-0.15, -0.1) is 0 Å². The van der Waals surface area contributed by atoms with Crippen molar-refractivity contribution in [3.8, 4) is 5.75 Å². The molecule has 0 spiro atoms. The Morgan fingerprint density at radius 1 is 1.08 bits per heavy atom. The van der Waals surface area contributed by atoms with Crippen LogP contribution in [-0.4, -0.2) is 47.1 Å². The zero-order chi connectivity index (χ0) is 17.4. The van der Waals surface area contributed by atoms with E-state index in [1.165, 1.54) is 11.3 Å². The van der Waals surface area contributed by atoms with Gasteiger partial charge >= 0.3 is 0 Å². The molecule has 2 heterocycles. The van der Waals surface area contributed by atoms with Gasteiger partial charge in [-0.05, 0) is 42.5 Å². The minimum Gasteiger partial charge on any atom is -0.508 e. The third kappa shape index (κ3) is 3.10. The van der Waals surface area contributed by atoms with E-state index >= 15 is 0 Å². The molecule has 1 fully saturated rings. The van der Waals surface area contributed by atoms with Crippen molar-refractivity contribution in [2.45, 2.75) is 0 Å². The number of hydrogen-bond acceptors (Lipinski definition) is 6. The second-order valence-corrected chi connectivity index (χ2v) is 7.09. The Morgan fingerprint density at radius 3 is 2.52 bits per heavy atom. The molecule has 1 aromatic heterocycles. The number of thiazole rings is 1. The average molecular weight is 354 g/mol. The smallest absolute Gasteiger partial charge is 0.254 e. The first-order chi connectivity index (χ1) is 12.1. The van der Waals surface area contributed by atoms with Crippen LogP contribution in [-0.2, 0) is 0 Å². The number of carbonyl (C=O) groups excluding carboxylic acids is 1. The molecule has 1 aliphatic heterocycles. The SMILES string of the molecule is Nc1nc2cc(C(=O)N3CCN(c4ccc(O)cc4)CC3)ccc2s1. The molecule has 0 aliphatic carbocycles. The first-order valence-electron chi connectivity index (χ1n) is 8.09. The topological polar surface area (TPSA) is 82.7 Å².